The fourth-order valence-electron chi connectivity index (χ4n) is 2.18. The van der Waals surface area contributed by atoms with Gasteiger partial charge in [0.15, 0.2) is 5.96 Å². The normalized spacial score (nSPS) is 11.9. The number of pyridine rings is 1. The van der Waals surface area contributed by atoms with Gasteiger partial charge in [0.2, 0.25) is 5.88 Å². The fourth-order valence-corrected chi connectivity index (χ4v) is 2.18. The minimum atomic E-state index is -0.268. The van der Waals surface area contributed by atoms with Crippen molar-refractivity contribution >= 4 is 5.96 Å². The van der Waals surface area contributed by atoms with E-state index in [1.807, 2.05) is 56.3 Å². The molecule has 0 bridgehead atoms. The van der Waals surface area contributed by atoms with Gasteiger partial charge in [-0.25, -0.2) is 4.98 Å². The van der Waals surface area contributed by atoms with Crippen LogP contribution in [0.4, 0.5) is 0 Å². The van der Waals surface area contributed by atoms with Gasteiger partial charge in [0.1, 0.15) is 6.61 Å². The van der Waals surface area contributed by atoms with E-state index in [-0.39, 0.29) is 5.60 Å². The Morgan fingerprint density at radius 1 is 1.12 bits per heavy atom. The average Bonchev–Trinajstić information content (AvgIpc) is 2.68. The summed E-state index contributed by atoms with van der Waals surface area (Å²) in [5.74, 6) is 1.32. The van der Waals surface area contributed by atoms with Crippen molar-refractivity contribution in [2.45, 2.75) is 32.6 Å². The predicted molar refractivity (Wildman–Crippen MR) is 104 cm³/mol. The Balaban J connectivity index is 1.92. The topological polar surface area (TPSA) is 67.8 Å². The van der Waals surface area contributed by atoms with Gasteiger partial charge in [-0.05, 0) is 25.5 Å². The summed E-state index contributed by atoms with van der Waals surface area (Å²) >= 11 is 0. The Morgan fingerprint density at radius 3 is 2.58 bits per heavy atom. The largest absolute Gasteiger partial charge is 0.473 e. The predicted octanol–water partition coefficient (Wildman–Crippen LogP) is 2.75. The first-order valence-electron chi connectivity index (χ1n) is 8.64. The van der Waals surface area contributed by atoms with E-state index >= 15 is 0 Å². The van der Waals surface area contributed by atoms with E-state index in [1.54, 1.807) is 20.4 Å². The smallest absolute Gasteiger partial charge is 0.218 e. The Kier molecular flexibility index (Phi) is 7.41. The van der Waals surface area contributed by atoms with E-state index in [4.69, 9.17) is 9.47 Å². The highest BCUT2D eigenvalue weighted by atomic mass is 16.5. The Bertz CT molecular complexity index is 702. The molecule has 0 aliphatic carbocycles. The third-order valence-corrected chi connectivity index (χ3v) is 3.97. The molecule has 1 heterocycles. The van der Waals surface area contributed by atoms with Crippen LogP contribution >= 0.6 is 0 Å². The number of hydrogen-bond acceptors (Lipinski definition) is 4. The molecule has 0 amide bonds. The van der Waals surface area contributed by atoms with E-state index in [0.29, 0.717) is 31.5 Å². The van der Waals surface area contributed by atoms with Crippen molar-refractivity contribution in [1.82, 2.24) is 15.6 Å². The number of aliphatic imine (C=N–C) groups is 1. The highest BCUT2D eigenvalue weighted by Gasteiger charge is 2.16. The Morgan fingerprint density at radius 2 is 1.88 bits per heavy atom. The van der Waals surface area contributed by atoms with Gasteiger partial charge in [-0.2, -0.15) is 0 Å². The number of nitrogens with one attached hydrogen (secondary N) is 2. The van der Waals surface area contributed by atoms with Gasteiger partial charge in [0.25, 0.3) is 0 Å². The molecule has 0 radical (unpaired) electrons. The van der Waals surface area contributed by atoms with Gasteiger partial charge in [-0.3, -0.25) is 4.99 Å². The van der Waals surface area contributed by atoms with Gasteiger partial charge in [-0.15, -0.1) is 0 Å². The first-order valence-corrected chi connectivity index (χ1v) is 8.64. The molecule has 26 heavy (non-hydrogen) atoms. The van der Waals surface area contributed by atoms with Gasteiger partial charge in [-0.1, -0.05) is 36.4 Å². The lowest BCUT2D eigenvalue weighted by atomic mass is 10.1. The molecule has 0 fully saturated rings. The number of rotatable bonds is 8. The van der Waals surface area contributed by atoms with E-state index in [0.717, 1.165) is 11.1 Å². The van der Waals surface area contributed by atoms with Crippen molar-refractivity contribution in [3.63, 3.8) is 0 Å². The minimum Gasteiger partial charge on any atom is -0.473 e. The maximum absolute atomic E-state index is 5.89. The third-order valence-electron chi connectivity index (χ3n) is 3.97. The van der Waals surface area contributed by atoms with Crippen LogP contribution < -0.4 is 15.4 Å². The van der Waals surface area contributed by atoms with Crippen molar-refractivity contribution in [1.29, 1.82) is 0 Å². The summed E-state index contributed by atoms with van der Waals surface area (Å²) < 4.78 is 11.3. The lowest BCUT2D eigenvalue weighted by molar-refractivity contribution is 0.0268. The molecular weight excluding hydrogens is 328 g/mol. The van der Waals surface area contributed by atoms with Gasteiger partial charge < -0.3 is 20.1 Å². The van der Waals surface area contributed by atoms with Crippen LogP contribution in [0.15, 0.2) is 53.7 Å². The lowest BCUT2D eigenvalue weighted by Crippen LogP contribution is -2.45. The summed E-state index contributed by atoms with van der Waals surface area (Å²) in [6, 6.07) is 13.9. The number of guanidine groups is 1. The lowest BCUT2D eigenvalue weighted by Gasteiger charge is -2.24. The van der Waals surface area contributed by atoms with Crippen LogP contribution in [-0.2, 0) is 17.9 Å². The molecule has 2 N–H and O–H groups in total. The second-order valence-corrected chi connectivity index (χ2v) is 6.49. The van der Waals surface area contributed by atoms with Crippen LogP contribution in [0.2, 0.25) is 0 Å². The molecule has 0 unspecified atom stereocenters. The first kappa shape index (κ1) is 19.7. The quantitative estimate of drug-likeness (QED) is 0.562. The van der Waals surface area contributed by atoms with E-state index in [9.17, 15) is 0 Å². The number of ether oxygens (including phenoxy) is 2. The van der Waals surface area contributed by atoms with Crippen LogP contribution in [0.1, 0.15) is 25.0 Å². The Hall–Kier alpha value is -2.60. The molecule has 2 rings (SSSR count). The monoisotopic (exact) mass is 356 g/mol. The average molecular weight is 356 g/mol. The van der Waals surface area contributed by atoms with Gasteiger partial charge >= 0.3 is 0 Å². The molecule has 0 saturated carbocycles. The third kappa shape index (κ3) is 6.37. The molecule has 2 aromatic rings. The van der Waals surface area contributed by atoms with Crippen molar-refractivity contribution in [2.75, 3.05) is 20.7 Å². The summed E-state index contributed by atoms with van der Waals surface area (Å²) in [5, 5.41) is 6.55. The number of aromatic nitrogens is 1. The zero-order valence-electron chi connectivity index (χ0n) is 16.0. The van der Waals surface area contributed by atoms with Crippen molar-refractivity contribution in [2.24, 2.45) is 4.99 Å². The molecule has 140 valence electrons. The number of hydrogen-bond donors (Lipinski definition) is 2. The van der Waals surface area contributed by atoms with Gasteiger partial charge in [0.05, 0.1) is 5.60 Å². The van der Waals surface area contributed by atoms with E-state index in [1.165, 1.54) is 0 Å². The SMILES string of the molecule is CN=C(NCc1cccnc1OCc1ccccc1)NCC(C)(C)OC. The second-order valence-electron chi connectivity index (χ2n) is 6.49. The molecule has 1 aromatic heterocycles. The molecule has 0 aliphatic heterocycles. The fraction of sp³-hybridized carbons (Fsp3) is 0.400. The Labute approximate surface area is 155 Å². The maximum atomic E-state index is 5.89. The van der Waals surface area contributed by atoms with E-state index < -0.39 is 0 Å². The molecule has 0 spiro atoms. The zero-order valence-corrected chi connectivity index (χ0v) is 16.0. The standard InChI is InChI=1S/C20H28N4O2/c1-20(2,25-4)15-24-19(21-3)23-13-17-11-8-12-22-18(17)26-14-16-9-6-5-7-10-16/h5-12H,13-15H2,1-4H3,(H2,21,23,24). The highest BCUT2D eigenvalue weighted by molar-refractivity contribution is 5.79. The van der Waals surface area contributed by atoms with Crippen molar-refractivity contribution in [3.05, 3.63) is 59.8 Å². The van der Waals surface area contributed by atoms with Crippen LogP contribution in [0.25, 0.3) is 0 Å². The molecule has 0 aliphatic rings. The van der Waals surface area contributed by atoms with E-state index in [2.05, 4.69) is 20.6 Å². The summed E-state index contributed by atoms with van der Waals surface area (Å²) in [5.41, 5.74) is 1.81. The van der Waals surface area contributed by atoms with Crippen LogP contribution in [0, 0.1) is 0 Å². The minimum absolute atomic E-state index is 0.268. The summed E-state index contributed by atoms with van der Waals surface area (Å²) in [6.07, 6.45) is 1.73. The molecule has 0 atom stereocenters. The highest BCUT2D eigenvalue weighted by Crippen LogP contribution is 2.16. The molecule has 6 nitrogen and oxygen atoms in total. The van der Waals surface area contributed by atoms with Crippen LogP contribution in [0.5, 0.6) is 5.88 Å². The molecule has 1 aromatic carbocycles. The van der Waals surface area contributed by atoms with Crippen LogP contribution in [-0.4, -0.2) is 37.2 Å². The number of benzene rings is 1. The summed E-state index contributed by atoms with van der Waals surface area (Å²) in [4.78, 5) is 8.59. The first-order chi connectivity index (χ1) is 12.5. The van der Waals surface area contributed by atoms with Crippen LogP contribution in [0.3, 0.4) is 0 Å². The zero-order chi connectivity index (χ0) is 18.8. The molecule has 6 heteroatoms. The summed E-state index contributed by atoms with van der Waals surface area (Å²) in [6.45, 7) is 5.73. The maximum Gasteiger partial charge on any atom is 0.218 e. The molecular formula is C20H28N4O2. The second kappa shape index (κ2) is 9.77. The summed E-state index contributed by atoms with van der Waals surface area (Å²) in [7, 11) is 3.44. The number of nitrogens with zero attached hydrogens (tertiary/aromatic N) is 2. The van der Waals surface area contributed by atoms with Crippen molar-refractivity contribution in [3.8, 4) is 5.88 Å². The van der Waals surface area contributed by atoms with Gasteiger partial charge in [0, 0.05) is 39.0 Å². The van der Waals surface area contributed by atoms with Crippen molar-refractivity contribution < 1.29 is 9.47 Å². The molecule has 0 saturated heterocycles. The number of methoxy groups -OCH3 is 1.